The molecule has 0 unspecified atom stereocenters. The van der Waals surface area contributed by atoms with E-state index in [1.165, 1.54) is 23.5 Å². The van der Waals surface area contributed by atoms with Gasteiger partial charge in [0, 0.05) is 16.6 Å². The van der Waals surface area contributed by atoms with Crippen LogP contribution in [0, 0.1) is 5.82 Å². The molecule has 1 aromatic heterocycles. The minimum Gasteiger partial charge on any atom is -0.321 e. The minimum atomic E-state index is -0.294. The average Bonchev–Trinajstić information content (AvgIpc) is 2.99. The number of hydrogen-bond donors (Lipinski definition) is 1. The Kier molecular flexibility index (Phi) is 3.75. The van der Waals surface area contributed by atoms with Gasteiger partial charge < -0.3 is 5.32 Å². The highest BCUT2D eigenvalue weighted by molar-refractivity contribution is 7.13. The summed E-state index contributed by atoms with van der Waals surface area (Å²) in [6.45, 7) is 0. The van der Waals surface area contributed by atoms with Gasteiger partial charge in [-0.1, -0.05) is 18.2 Å². The molecular formula is C16H11FN2OS. The van der Waals surface area contributed by atoms with E-state index in [0.717, 1.165) is 11.3 Å². The molecule has 0 radical (unpaired) electrons. The summed E-state index contributed by atoms with van der Waals surface area (Å²) in [7, 11) is 0. The highest BCUT2D eigenvalue weighted by Gasteiger charge is 2.12. The fourth-order valence-corrected chi connectivity index (χ4v) is 2.63. The predicted molar refractivity (Wildman–Crippen MR) is 81.9 cm³/mol. The number of halogens is 1. The van der Waals surface area contributed by atoms with E-state index in [1.807, 2.05) is 30.3 Å². The number of para-hydroxylation sites is 1. The second kappa shape index (κ2) is 5.85. The quantitative estimate of drug-likeness (QED) is 0.787. The number of benzene rings is 2. The first-order chi connectivity index (χ1) is 10.2. The third-order valence-electron chi connectivity index (χ3n) is 2.86. The Morgan fingerprint density at radius 1 is 1.05 bits per heavy atom. The molecule has 104 valence electrons. The van der Waals surface area contributed by atoms with Gasteiger partial charge >= 0.3 is 0 Å². The lowest BCUT2D eigenvalue weighted by molar-refractivity contribution is 0.102. The van der Waals surface area contributed by atoms with Crippen LogP contribution in [-0.4, -0.2) is 10.9 Å². The van der Waals surface area contributed by atoms with Crippen LogP contribution in [0.1, 0.15) is 10.5 Å². The third-order valence-corrected chi connectivity index (χ3v) is 3.75. The number of anilines is 1. The zero-order chi connectivity index (χ0) is 14.7. The van der Waals surface area contributed by atoms with E-state index in [4.69, 9.17) is 0 Å². The van der Waals surface area contributed by atoms with Gasteiger partial charge in [-0.3, -0.25) is 4.79 Å². The van der Waals surface area contributed by atoms with Crippen molar-refractivity contribution in [2.24, 2.45) is 0 Å². The summed E-state index contributed by atoms with van der Waals surface area (Å²) < 4.78 is 12.9. The normalized spacial score (nSPS) is 10.3. The van der Waals surface area contributed by atoms with E-state index in [1.54, 1.807) is 17.5 Å². The molecule has 0 aliphatic heterocycles. The van der Waals surface area contributed by atoms with Crippen LogP contribution in [0.3, 0.4) is 0 Å². The summed E-state index contributed by atoms with van der Waals surface area (Å²) in [6, 6.07) is 15.2. The Bertz CT molecular complexity index is 753. The van der Waals surface area contributed by atoms with E-state index in [2.05, 4.69) is 10.3 Å². The van der Waals surface area contributed by atoms with Crippen molar-refractivity contribution in [2.75, 3.05) is 5.32 Å². The van der Waals surface area contributed by atoms with Crippen LogP contribution in [0.15, 0.2) is 60.0 Å². The molecule has 0 saturated heterocycles. The molecular weight excluding hydrogens is 287 g/mol. The minimum absolute atomic E-state index is 0.259. The van der Waals surface area contributed by atoms with Crippen molar-refractivity contribution in [1.82, 2.24) is 4.98 Å². The second-order valence-corrected chi connectivity index (χ2v) is 5.22. The number of carbonyl (C=O) groups is 1. The molecule has 3 nitrogen and oxygen atoms in total. The number of rotatable bonds is 3. The van der Waals surface area contributed by atoms with Crippen molar-refractivity contribution >= 4 is 22.9 Å². The maximum atomic E-state index is 12.9. The molecule has 3 aromatic rings. The van der Waals surface area contributed by atoms with Gasteiger partial charge in [-0.25, -0.2) is 9.37 Å². The predicted octanol–water partition coefficient (Wildman–Crippen LogP) is 4.20. The second-order valence-electron chi connectivity index (χ2n) is 4.36. The lowest BCUT2D eigenvalue weighted by Gasteiger charge is -2.01. The first-order valence-electron chi connectivity index (χ1n) is 6.30. The molecule has 0 atom stereocenters. The van der Waals surface area contributed by atoms with Crippen molar-refractivity contribution in [3.8, 4) is 10.6 Å². The van der Waals surface area contributed by atoms with E-state index in [0.29, 0.717) is 10.7 Å². The lowest BCUT2D eigenvalue weighted by Crippen LogP contribution is -2.12. The lowest BCUT2D eigenvalue weighted by atomic mass is 10.2. The summed E-state index contributed by atoms with van der Waals surface area (Å²) in [5, 5.41) is 5.16. The third kappa shape index (κ3) is 3.14. The van der Waals surface area contributed by atoms with Gasteiger partial charge in [0.05, 0.1) is 0 Å². The fraction of sp³-hybridized carbons (Fsp3) is 0. The maximum absolute atomic E-state index is 12.9. The van der Waals surface area contributed by atoms with Gasteiger partial charge in [-0.2, -0.15) is 0 Å². The van der Waals surface area contributed by atoms with Gasteiger partial charge in [-0.15, -0.1) is 11.3 Å². The van der Waals surface area contributed by atoms with Crippen LogP contribution in [0.5, 0.6) is 0 Å². The molecule has 0 aliphatic carbocycles. The van der Waals surface area contributed by atoms with Crippen molar-refractivity contribution in [1.29, 1.82) is 0 Å². The van der Waals surface area contributed by atoms with E-state index in [9.17, 15) is 9.18 Å². The Balaban J connectivity index is 1.78. The van der Waals surface area contributed by atoms with E-state index in [-0.39, 0.29) is 11.7 Å². The molecule has 1 heterocycles. The highest BCUT2D eigenvalue weighted by atomic mass is 32.1. The average molecular weight is 298 g/mol. The van der Waals surface area contributed by atoms with Crippen LogP contribution in [0.2, 0.25) is 0 Å². The number of carbonyl (C=O) groups excluding carboxylic acids is 1. The molecule has 0 spiro atoms. The number of nitrogens with zero attached hydrogens (tertiary/aromatic N) is 1. The summed E-state index contributed by atoms with van der Waals surface area (Å²) in [5.74, 6) is -0.553. The SMILES string of the molecule is O=C(Nc1ccccc1)c1csc(-c2ccc(F)cc2)n1. The molecule has 0 bridgehead atoms. The smallest absolute Gasteiger partial charge is 0.275 e. The Morgan fingerprint density at radius 3 is 2.48 bits per heavy atom. The molecule has 0 saturated carbocycles. The summed E-state index contributed by atoms with van der Waals surface area (Å²) >= 11 is 1.35. The summed E-state index contributed by atoms with van der Waals surface area (Å²) in [6.07, 6.45) is 0. The topological polar surface area (TPSA) is 42.0 Å². The van der Waals surface area contributed by atoms with Gasteiger partial charge in [0.25, 0.3) is 5.91 Å². The van der Waals surface area contributed by atoms with Crippen LogP contribution in [0.4, 0.5) is 10.1 Å². The molecule has 2 aromatic carbocycles. The van der Waals surface area contributed by atoms with Crippen LogP contribution in [0.25, 0.3) is 10.6 Å². The first-order valence-corrected chi connectivity index (χ1v) is 7.18. The van der Waals surface area contributed by atoms with Crippen LogP contribution < -0.4 is 5.32 Å². The van der Waals surface area contributed by atoms with Crippen molar-refractivity contribution in [3.63, 3.8) is 0 Å². The van der Waals surface area contributed by atoms with Crippen molar-refractivity contribution in [2.45, 2.75) is 0 Å². The number of nitrogens with one attached hydrogen (secondary N) is 1. The highest BCUT2D eigenvalue weighted by Crippen LogP contribution is 2.24. The van der Waals surface area contributed by atoms with Gasteiger partial charge in [-0.05, 0) is 36.4 Å². The zero-order valence-corrected chi connectivity index (χ0v) is 11.7. The molecule has 3 rings (SSSR count). The molecule has 5 heteroatoms. The van der Waals surface area contributed by atoms with Crippen LogP contribution in [-0.2, 0) is 0 Å². The summed E-state index contributed by atoms with van der Waals surface area (Å²) in [5.41, 5.74) is 1.86. The first kappa shape index (κ1) is 13.5. The summed E-state index contributed by atoms with van der Waals surface area (Å²) in [4.78, 5) is 16.4. The van der Waals surface area contributed by atoms with Gasteiger partial charge in [0.15, 0.2) is 0 Å². The largest absolute Gasteiger partial charge is 0.321 e. The number of hydrogen-bond acceptors (Lipinski definition) is 3. The Hall–Kier alpha value is -2.53. The van der Waals surface area contributed by atoms with Crippen LogP contribution >= 0.6 is 11.3 Å². The molecule has 0 fully saturated rings. The van der Waals surface area contributed by atoms with Gasteiger partial charge in [0.2, 0.25) is 0 Å². The number of aromatic nitrogens is 1. The van der Waals surface area contributed by atoms with Crippen molar-refractivity contribution in [3.05, 3.63) is 71.5 Å². The Labute approximate surface area is 125 Å². The Morgan fingerprint density at radius 2 is 1.76 bits per heavy atom. The standard InChI is InChI=1S/C16H11FN2OS/c17-12-8-6-11(7-9-12)16-19-14(10-21-16)15(20)18-13-4-2-1-3-5-13/h1-10H,(H,18,20). The molecule has 1 amide bonds. The number of thiazole rings is 1. The van der Waals surface area contributed by atoms with Crippen molar-refractivity contribution < 1.29 is 9.18 Å². The molecule has 1 N–H and O–H groups in total. The number of amides is 1. The maximum Gasteiger partial charge on any atom is 0.275 e. The van der Waals surface area contributed by atoms with E-state index >= 15 is 0 Å². The monoisotopic (exact) mass is 298 g/mol. The fourth-order valence-electron chi connectivity index (χ4n) is 1.82. The zero-order valence-electron chi connectivity index (χ0n) is 10.9. The molecule has 0 aliphatic rings. The van der Waals surface area contributed by atoms with Gasteiger partial charge in [0.1, 0.15) is 16.5 Å². The van der Waals surface area contributed by atoms with E-state index < -0.39 is 0 Å². The molecule has 21 heavy (non-hydrogen) atoms.